The van der Waals surface area contributed by atoms with E-state index in [4.69, 9.17) is 9.47 Å². The molecular formula is C16H17N3O4. The maximum atomic E-state index is 12.5. The van der Waals surface area contributed by atoms with Crippen LogP contribution >= 0.6 is 0 Å². The summed E-state index contributed by atoms with van der Waals surface area (Å²) in [4.78, 5) is 27.6. The van der Waals surface area contributed by atoms with Gasteiger partial charge in [0.15, 0.2) is 11.5 Å². The summed E-state index contributed by atoms with van der Waals surface area (Å²) in [5.74, 6) is 1.17. The molecule has 0 fully saturated rings. The van der Waals surface area contributed by atoms with Gasteiger partial charge >= 0.3 is 5.69 Å². The zero-order chi connectivity index (χ0) is 16.7. The highest BCUT2D eigenvalue weighted by Crippen LogP contribution is 2.33. The van der Waals surface area contributed by atoms with Gasteiger partial charge in [-0.3, -0.25) is 13.9 Å². The molecule has 1 aromatic carbocycles. The van der Waals surface area contributed by atoms with E-state index in [1.54, 1.807) is 39.6 Å². The minimum absolute atomic E-state index is 0.339. The molecule has 0 aliphatic carbocycles. The molecule has 120 valence electrons. The Morgan fingerprint density at radius 1 is 1.00 bits per heavy atom. The highest BCUT2D eigenvalue weighted by Gasteiger charge is 2.16. The average molecular weight is 315 g/mol. The summed E-state index contributed by atoms with van der Waals surface area (Å²) in [5.41, 5.74) is 1.27. The number of aryl methyl sites for hydroxylation is 1. The maximum Gasteiger partial charge on any atom is 0.330 e. The Kier molecular flexibility index (Phi) is 3.48. The Hall–Kier alpha value is -2.96. The molecule has 7 heteroatoms. The quantitative estimate of drug-likeness (QED) is 0.789. The van der Waals surface area contributed by atoms with Crippen LogP contribution in [0.25, 0.3) is 22.2 Å². The fourth-order valence-corrected chi connectivity index (χ4v) is 2.70. The summed E-state index contributed by atoms with van der Waals surface area (Å²) in [6.45, 7) is 0. The molecule has 0 atom stereocenters. The van der Waals surface area contributed by atoms with Gasteiger partial charge in [-0.1, -0.05) is 0 Å². The van der Waals surface area contributed by atoms with Crippen molar-refractivity contribution in [2.45, 2.75) is 0 Å². The van der Waals surface area contributed by atoms with Crippen LogP contribution in [-0.4, -0.2) is 28.3 Å². The Labute approximate surface area is 131 Å². The second kappa shape index (κ2) is 5.35. The van der Waals surface area contributed by atoms with E-state index in [2.05, 4.69) is 4.98 Å². The molecule has 3 rings (SSSR count). The first kappa shape index (κ1) is 15.0. The van der Waals surface area contributed by atoms with E-state index in [-0.39, 0.29) is 11.2 Å². The molecule has 7 nitrogen and oxygen atoms in total. The Bertz CT molecular complexity index is 1010. The molecular weight excluding hydrogens is 298 g/mol. The fraction of sp³-hybridized carbons (Fsp3) is 0.250. The monoisotopic (exact) mass is 315 g/mol. The summed E-state index contributed by atoms with van der Waals surface area (Å²) in [7, 11) is 6.22. The molecule has 0 spiro atoms. The first-order valence-electron chi connectivity index (χ1n) is 6.99. The predicted molar refractivity (Wildman–Crippen MR) is 87.3 cm³/mol. The zero-order valence-electron chi connectivity index (χ0n) is 13.3. The molecule has 2 aromatic heterocycles. The molecule has 0 amide bonds. The predicted octanol–water partition coefficient (Wildman–Crippen LogP) is 1.25. The Balaban J connectivity index is 2.34. The van der Waals surface area contributed by atoms with Crippen molar-refractivity contribution in [2.24, 2.45) is 14.1 Å². The number of aromatic nitrogens is 3. The van der Waals surface area contributed by atoms with Crippen LogP contribution in [0, 0.1) is 0 Å². The molecule has 0 saturated carbocycles. The Morgan fingerprint density at radius 2 is 1.70 bits per heavy atom. The standard InChI is InChI=1S/C16H17N3O4/c1-18-10-8-17-14(13(10)15(20)19(2)16(18)21)9-5-6-11(22-3)12(7-9)23-4/h5-8,17H,1-4H3. The first-order chi connectivity index (χ1) is 11.0. The molecule has 1 N–H and O–H groups in total. The van der Waals surface area contributed by atoms with Crippen molar-refractivity contribution in [1.29, 1.82) is 0 Å². The number of fused-ring (bicyclic) bond motifs is 1. The minimum atomic E-state index is -0.361. The lowest BCUT2D eigenvalue weighted by Gasteiger charge is -2.09. The summed E-state index contributed by atoms with van der Waals surface area (Å²) in [6.07, 6.45) is 1.66. The second-order valence-electron chi connectivity index (χ2n) is 5.20. The van der Waals surface area contributed by atoms with E-state index >= 15 is 0 Å². The minimum Gasteiger partial charge on any atom is -0.493 e. The number of nitrogens with zero attached hydrogens (tertiary/aromatic N) is 2. The van der Waals surface area contributed by atoms with Crippen molar-refractivity contribution in [3.8, 4) is 22.8 Å². The van der Waals surface area contributed by atoms with E-state index in [1.165, 1.54) is 11.6 Å². The van der Waals surface area contributed by atoms with Gasteiger partial charge in [-0.05, 0) is 18.2 Å². The van der Waals surface area contributed by atoms with Crippen molar-refractivity contribution in [3.05, 3.63) is 45.2 Å². The van der Waals surface area contributed by atoms with Gasteiger partial charge in [0.2, 0.25) is 0 Å². The number of ether oxygens (including phenoxy) is 2. The number of hydrogen-bond donors (Lipinski definition) is 1. The number of hydrogen-bond acceptors (Lipinski definition) is 4. The van der Waals surface area contributed by atoms with Crippen LogP contribution in [0.4, 0.5) is 0 Å². The average Bonchev–Trinajstić information content (AvgIpc) is 3.02. The number of H-pyrrole nitrogens is 1. The van der Waals surface area contributed by atoms with Crippen molar-refractivity contribution < 1.29 is 9.47 Å². The van der Waals surface area contributed by atoms with Crippen LogP contribution in [-0.2, 0) is 14.1 Å². The third-order valence-corrected chi connectivity index (χ3v) is 3.99. The van der Waals surface area contributed by atoms with E-state index < -0.39 is 0 Å². The van der Waals surface area contributed by atoms with Crippen molar-refractivity contribution in [3.63, 3.8) is 0 Å². The number of methoxy groups -OCH3 is 2. The Morgan fingerprint density at radius 3 is 2.35 bits per heavy atom. The van der Waals surface area contributed by atoms with Crippen LogP contribution in [0.1, 0.15) is 0 Å². The van der Waals surface area contributed by atoms with Gasteiger partial charge in [-0.15, -0.1) is 0 Å². The molecule has 0 unspecified atom stereocenters. The highest BCUT2D eigenvalue weighted by atomic mass is 16.5. The SMILES string of the molecule is COc1ccc(-c2[nH]cc3c2c(=O)n(C)c(=O)n3C)cc1OC. The molecule has 2 heterocycles. The van der Waals surface area contributed by atoms with E-state index in [0.717, 1.165) is 10.1 Å². The lowest BCUT2D eigenvalue weighted by Crippen LogP contribution is -2.36. The van der Waals surface area contributed by atoms with Crippen LogP contribution in [0.3, 0.4) is 0 Å². The summed E-state index contributed by atoms with van der Waals surface area (Å²) in [5, 5.41) is 0.460. The van der Waals surface area contributed by atoms with Crippen LogP contribution in [0.15, 0.2) is 34.0 Å². The van der Waals surface area contributed by atoms with Crippen LogP contribution in [0.5, 0.6) is 11.5 Å². The smallest absolute Gasteiger partial charge is 0.330 e. The van der Waals surface area contributed by atoms with Gasteiger partial charge in [-0.25, -0.2) is 4.79 Å². The van der Waals surface area contributed by atoms with E-state index in [0.29, 0.717) is 28.1 Å². The summed E-state index contributed by atoms with van der Waals surface area (Å²) in [6, 6.07) is 5.39. The summed E-state index contributed by atoms with van der Waals surface area (Å²) < 4.78 is 13.1. The van der Waals surface area contributed by atoms with Gasteiger partial charge in [0.25, 0.3) is 5.56 Å². The molecule has 23 heavy (non-hydrogen) atoms. The molecule has 3 aromatic rings. The van der Waals surface area contributed by atoms with Gasteiger partial charge in [0, 0.05) is 25.9 Å². The van der Waals surface area contributed by atoms with Crippen molar-refractivity contribution in [1.82, 2.24) is 14.1 Å². The first-order valence-corrected chi connectivity index (χ1v) is 6.99. The molecule has 0 bridgehead atoms. The normalized spacial score (nSPS) is 11.0. The van der Waals surface area contributed by atoms with Crippen molar-refractivity contribution >= 4 is 10.9 Å². The third-order valence-electron chi connectivity index (χ3n) is 3.99. The topological polar surface area (TPSA) is 78.3 Å². The molecule has 0 saturated heterocycles. The number of benzene rings is 1. The summed E-state index contributed by atoms with van der Waals surface area (Å²) >= 11 is 0. The lowest BCUT2D eigenvalue weighted by atomic mass is 10.1. The maximum absolute atomic E-state index is 12.5. The van der Waals surface area contributed by atoms with Gasteiger partial charge in [0.05, 0.1) is 30.8 Å². The van der Waals surface area contributed by atoms with E-state index in [1.807, 2.05) is 6.07 Å². The molecule has 0 aliphatic rings. The lowest BCUT2D eigenvalue weighted by molar-refractivity contribution is 0.355. The fourth-order valence-electron chi connectivity index (χ4n) is 2.70. The number of nitrogens with one attached hydrogen (secondary N) is 1. The molecule has 0 radical (unpaired) electrons. The third kappa shape index (κ3) is 2.12. The van der Waals surface area contributed by atoms with Crippen LogP contribution in [0.2, 0.25) is 0 Å². The van der Waals surface area contributed by atoms with Crippen LogP contribution < -0.4 is 20.7 Å². The van der Waals surface area contributed by atoms with Gasteiger partial charge in [0.1, 0.15) is 0 Å². The molecule has 0 aliphatic heterocycles. The highest BCUT2D eigenvalue weighted by molar-refractivity contribution is 5.93. The van der Waals surface area contributed by atoms with Crippen molar-refractivity contribution in [2.75, 3.05) is 14.2 Å². The largest absolute Gasteiger partial charge is 0.493 e. The second-order valence-corrected chi connectivity index (χ2v) is 5.20. The number of rotatable bonds is 3. The van der Waals surface area contributed by atoms with Gasteiger partial charge in [-0.2, -0.15) is 0 Å². The van der Waals surface area contributed by atoms with Gasteiger partial charge < -0.3 is 14.5 Å². The number of aromatic amines is 1. The van der Waals surface area contributed by atoms with E-state index in [9.17, 15) is 9.59 Å². The zero-order valence-corrected chi connectivity index (χ0v) is 13.3.